The van der Waals surface area contributed by atoms with Gasteiger partial charge < -0.3 is 0 Å². The Labute approximate surface area is 118 Å². The Hall–Kier alpha value is -0.990. The highest BCUT2D eigenvalue weighted by molar-refractivity contribution is 7.89. The summed E-state index contributed by atoms with van der Waals surface area (Å²) in [5.74, 6) is 0.336. The van der Waals surface area contributed by atoms with Gasteiger partial charge in [0.2, 0.25) is 10.0 Å². The molecule has 1 aliphatic carbocycles. The van der Waals surface area contributed by atoms with E-state index in [1.54, 1.807) is 0 Å². The molecule has 0 aromatic heterocycles. The minimum absolute atomic E-state index is 0.161. The molecule has 5 nitrogen and oxygen atoms in total. The highest BCUT2D eigenvalue weighted by Gasteiger charge is 2.36. The summed E-state index contributed by atoms with van der Waals surface area (Å²) in [6.45, 7) is 1.81. The molecule has 0 bridgehead atoms. The average molecular weight is 321 g/mol. The second-order valence-corrected chi connectivity index (χ2v) is 8.36. The summed E-state index contributed by atoms with van der Waals surface area (Å²) in [5, 5.41) is 0. The molecule has 0 amide bonds. The third kappa shape index (κ3) is 3.02. The number of benzene rings is 1. The van der Waals surface area contributed by atoms with E-state index in [9.17, 15) is 20.7 Å². The largest absolute Gasteiger partial charge is 0.332 e. The highest BCUT2D eigenvalue weighted by Crippen LogP contribution is 2.36. The van der Waals surface area contributed by atoms with Gasteiger partial charge in [-0.05, 0) is 43.9 Å². The number of hydrogen-bond acceptors (Lipinski definition) is 4. The van der Waals surface area contributed by atoms with Gasteiger partial charge in [0.15, 0.2) is 0 Å². The summed E-state index contributed by atoms with van der Waals surface area (Å²) in [6, 6.07) is 4.19. The minimum Gasteiger partial charge on any atom is -0.207 e. The molecule has 1 aromatic carbocycles. The van der Waals surface area contributed by atoms with Crippen LogP contribution in [0, 0.1) is 5.92 Å². The molecule has 0 N–H and O–H groups in total. The molecule has 8 heteroatoms. The summed E-state index contributed by atoms with van der Waals surface area (Å²) in [5.41, 5.74) is 0. The molecule has 2 rings (SSSR count). The Morgan fingerprint density at radius 1 is 1.20 bits per heavy atom. The van der Waals surface area contributed by atoms with E-state index in [4.69, 9.17) is 0 Å². The smallest absolute Gasteiger partial charge is 0.207 e. The Morgan fingerprint density at radius 2 is 1.75 bits per heavy atom. The van der Waals surface area contributed by atoms with Crippen LogP contribution in [0.3, 0.4) is 0 Å². The monoisotopic (exact) mass is 321 g/mol. The highest BCUT2D eigenvalue weighted by atomic mass is 32.3. The third-order valence-electron chi connectivity index (χ3n) is 3.64. The first kappa shape index (κ1) is 15.4. The molecule has 1 aromatic rings. The first-order chi connectivity index (χ1) is 9.14. The number of sulfonamides is 1. The molecule has 0 saturated heterocycles. The van der Waals surface area contributed by atoms with Crippen LogP contribution >= 0.6 is 0 Å². The number of hydrogen-bond donors (Lipinski definition) is 0. The van der Waals surface area contributed by atoms with Crippen molar-refractivity contribution in [2.45, 2.75) is 35.6 Å². The first-order valence-electron chi connectivity index (χ1n) is 6.17. The van der Waals surface area contributed by atoms with Gasteiger partial charge >= 0.3 is 10.2 Å². The molecule has 0 radical (unpaired) electrons. The van der Waals surface area contributed by atoms with Crippen LogP contribution in [-0.4, -0.2) is 34.2 Å². The van der Waals surface area contributed by atoms with Gasteiger partial charge in [-0.2, -0.15) is 12.7 Å². The van der Waals surface area contributed by atoms with E-state index in [1.165, 1.54) is 23.5 Å². The topological polar surface area (TPSA) is 71.5 Å². The molecule has 1 unspecified atom stereocenters. The lowest BCUT2D eigenvalue weighted by atomic mass is 10.2. The molecular weight excluding hydrogens is 305 g/mol. The van der Waals surface area contributed by atoms with Crippen LogP contribution in [0.2, 0.25) is 0 Å². The van der Waals surface area contributed by atoms with Crippen molar-refractivity contribution in [3.05, 3.63) is 24.3 Å². The van der Waals surface area contributed by atoms with Crippen molar-refractivity contribution in [3.8, 4) is 0 Å². The summed E-state index contributed by atoms with van der Waals surface area (Å²) >= 11 is 0. The molecule has 0 aliphatic heterocycles. The molecular formula is C12H16FNO4S2. The molecule has 0 heterocycles. The van der Waals surface area contributed by atoms with Crippen molar-refractivity contribution in [2.24, 2.45) is 5.92 Å². The minimum atomic E-state index is -4.92. The lowest BCUT2D eigenvalue weighted by Gasteiger charge is -2.24. The molecule has 1 aliphatic rings. The van der Waals surface area contributed by atoms with Gasteiger partial charge in [-0.3, -0.25) is 0 Å². The molecule has 112 valence electrons. The molecule has 1 atom stereocenters. The summed E-state index contributed by atoms with van der Waals surface area (Å²) in [4.78, 5) is -0.864. The fraction of sp³-hybridized carbons (Fsp3) is 0.500. The number of nitrogens with zero attached hydrogens (tertiary/aromatic N) is 1. The summed E-state index contributed by atoms with van der Waals surface area (Å²) in [6.07, 6.45) is 1.97. The maximum absolute atomic E-state index is 13.0. The first-order valence-corrected chi connectivity index (χ1v) is 8.99. The zero-order valence-electron chi connectivity index (χ0n) is 11.2. The average Bonchev–Trinajstić information content (AvgIpc) is 3.20. The predicted octanol–water partition coefficient (Wildman–Crippen LogP) is 1.76. The Morgan fingerprint density at radius 3 is 2.25 bits per heavy atom. The van der Waals surface area contributed by atoms with Crippen LogP contribution < -0.4 is 0 Å². The molecule has 1 saturated carbocycles. The van der Waals surface area contributed by atoms with E-state index >= 15 is 0 Å². The lowest BCUT2D eigenvalue weighted by molar-refractivity contribution is 0.357. The van der Waals surface area contributed by atoms with Crippen LogP contribution in [0.4, 0.5) is 3.89 Å². The maximum Gasteiger partial charge on any atom is 0.332 e. The second kappa shape index (κ2) is 5.09. The maximum atomic E-state index is 13.0. The van der Waals surface area contributed by atoms with Gasteiger partial charge in [-0.15, -0.1) is 3.89 Å². The van der Waals surface area contributed by atoms with E-state index in [0.717, 1.165) is 25.0 Å². The van der Waals surface area contributed by atoms with E-state index in [-0.39, 0.29) is 10.9 Å². The van der Waals surface area contributed by atoms with Gasteiger partial charge in [0.1, 0.15) is 0 Å². The van der Waals surface area contributed by atoms with E-state index in [2.05, 4.69) is 0 Å². The summed E-state index contributed by atoms with van der Waals surface area (Å²) < 4.78 is 60.7. The zero-order chi connectivity index (χ0) is 15.1. The van der Waals surface area contributed by atoms with Crippen molar-refractivity contribution in [1.82, 2.24) is 4.31 Å². The molecule has 0 spiro atoms. The van der Waals surface area contributed by atoms with Crippen molar-refractivity contribution in [1.29, 1.82) is 0 Å². The fourth-order valence-electron chi connectivity index (χ4n) is 2.05. The van der Waals surface area contributed by atoms with Crippen LogP contribution in [0.5, 0.6) is 0 Å². The Bertz CT molecular complexity index is 711. The molecule has 20 heavy (non-hydrogen) atoms. The summed E-state index contributed by atoms with van der Waals surface area (Å²) in [7, 11) is -7.29. The number of rotatable bonds is 5. The van der Waals surface area contributed by atoms with Crippen LogP contribution in [0.1, 0.15) is 19.8 Å². The zero-order valence-corrected chi connectivity index (χ0v) is 12.8. The van der Waals surface area contributed by atoms with Gasteiger partial charge in [0, 0.05) is 13.1 Å². The SMILES string of the molecule is CC(C1CC1)N(C)S(=O)(=O)c1cccc(S(=O)(=O)F)c1. The Kier molecular flexibility index (Phi) is 3.92. The lowest BCUT2D eigenvalue weighted by Crippen LogP contribution is -2.36. The van der Waals surface area contributed by atoms with Gasteiger partial charge in [0.25, 0.3) is 0 Å². The normalized spacial score (nSPS) is 18.2. The van der Waals surface area contributed by atoms with Gasteiger partial charge in [-0.1, -0.05) is 6.07 Å². The van der Waals surface area contributed by atoms with Crippen LogP contribution in [-0.2, 0) is 20.2 Å². The van der Waals surface area contributed by atoms with Gasteiger partial charge in [0.05, 0.1) is 9.79 Å². The van der Waals surface area contributed by atoms with E-state index in [1.807, 2.05) is 6.92 Å². The van der Waals surface area contributed by atoms with E-state index < -0.39 is 25.1 Å². The van der Waals surface area contributed by atoms with Crippen LogP contribution in [0.15, 0.2) is 34.1 Å². The van der Waals surface area contributed by atoms with Crippen molar-refractivity contribution >= 4 is 20.2 Å². The number of halogens is 1. The Balaban J connectivity index is 2.39. The fourth-order valence-corrected chi connectivity index (χ4v) is 4.10. The van der Waals surface area contributed by atoms with Crippen molar-refractivity contribution in [3.63, 3.8) is 0 Å². The van der Waals surface area contributed by atoms with E-state index in [0.29, 0.717) is 5.92 Å². The molecule has 1 fully saturated rings. The van der Waals surface area contributed by atoms with Crippen LogP contribution in [0.25, 0.3) is 0 Å². The second-order valence-electron chi connectivity index (χ2n) is 5.01. The third-order valence-corrected chi connectivity index (χ3v) is 6.40. The predicted molar refractivity (Wildman–Crippen MR) is 71.9 cm³/mol. The van der Waals surface area contributed by atoms with Crippen molar-refractivity contribution < 1.29 is 20.7 Å². The quantitative estimate of drug-likeness (QED) is 0.775. The standard InChI is InChI=1S/C12H16FNO4S2/c1-9(10-6-7-10)14(2)20(17,18)12-5-3-4-11(8-12)19(13,15)16/h3-5,8-10H,6-7H2,1-2H3. The van der Waals surface area contributed by atoms with Crippen molar-refractivity contribution in [2.75, 3.05) is 7.05 Å². The van der Waals surface area contributed by atoms with Gasteiger partial charge in [-0.25, -0.2) is 8.42 Å².